The van der Waals surface area contributed by atoms with Crippen molar-refractivity contribution in [3.05, 3.63) is 71.0 Å². The van der Waals surface area contributed by atoms with Crippen molar-refractivity contribution in [3.8, 4) is 0 Å². The molecule has 1 saturated heterocycles. The lowest BCUT2D eigenvalue weighted by atomic mass is 9.99. The highest BCUT2D eigenvalue weighted by molar-refractivity contribution is 7.92. The Morgan fingerprint density at radius 3 is 2.45 bits per heavy atom. The molecule has 3 aromatic rings. The van der Waals surface area contributed by atoms with Gasteiger partial charge in [-0.15, -0.1) is 11.3 Å². The summed E-state index contributed by atoms with van der Waals surface area (Å²) in [6, 6.07) is 10.6. The van der Waals surface area contributed by atoms with Gasteiger partial charge in [-0.1, -0.05) is 6.92 Å². The topological polar surface area (TPSA) is 91.4 Å². The summed E-state index contributed by atoms with van der Waals surface area (Å²) >= 11 is 1.38. The largest absolute Gasteiger partial charge is 0.298 e. The number of anilines is 2. The van der Waals surface area contributed by atoms with Gasteiger partial charge in [-0.25, -0.2) is 17.8 Å². The number of sulfonamides is 1. The van der Waals surface area contributed by atoms with E-state index in [2.05, 4.69) is 26.8 Å². The van der Waals surface area contributed by atoms with Crippen LogP contribution in [0.4, 0.5) is 15.2 Å². The maximum atomic E-state index is 13.0. The zero-order chi connectivity index (χ0) is 23.4. The molecule has 1 fully saturated rings. The molecule has 2 N–H and O–H groups in total. The van der Waals surface area contributed by atoms with Crippen LogP contribution in [0.2, 0.25) is 0 Å². The fourth-order valence-electron chi connectivity index (χ4n) is 3.57. The first-order chi connectivity index (χ1) is 15.8. The summed E-state index contributed by atoms with van der Waals surface area (Å²) in [6.45, 7) is 5.19. The van der Waals surface area contributed by atoms with Crippen LogP contribution < -0.4 is 10.0 Å². The molecule has 0 radical (unpaired) electrons. The average Bonchev–Trinajstić information content (AvgIpc) is 3.22. The van der Waals surface area contributed by atoms with Gasteiger partial charge in [0.25, 0.3) is 15.9 Å². The van der Waals surface area contributed by atoms with Gasteiger partial charge in [0.2, 0.25) is 0 Å². The van der Waals surface area contributed by atoms with Gasteiger partial charge in [0, 0.05) is 23.2 Å². The molecule has 2 heterocycles. The number of hydrogen-bond acceptors (Lipinski definition) is 6. The number of halogens is 1. The molecule has 174 valence electrons. The maximum absolute atomic E-state index is 13.0. The minimum atomic E-state index is -3.85. The van der Waals surface area contributed by atoms with E-state index in [-0.39, 0.29) is 10.8 Å². The van der Waals surface area contributed by atoms with Crippen LogP contribution in [0.25, 0.3) is 0 Å². The molecule has 0 unspecified atom stereocenters. The standard InChI is InChI=1S/C23H25FN4O3S2/c1-16-10-12-28(13-11-16)14-20-15-32-23(25-20)26-22(29)17-2-6-19(7-3-17)27-33(30,31)21-8-4-18(24)5-9-21/h2-9,15-16,27H,10-14H2,1H3,(H,25,26,29). The Labute approximate surface area is 196 Å². The van der Waals surface area contributed by atoms with Gasteiger partial charge in [0.15, 0.2) is 5.13 Å². The number of carbonyl (C=O) groups is 1. The van der Waals surface area contributed by atoms with Crippen molar-refractivity contribution >= 4 is 38.1 Å². The van der Waals surface area contributed by atoms with Gasteiger partial charge < -0.3 is 0 Å². The van der Waals surface area contributed by atoms with Crippen molar-refractivity contribution in [1.29, 1.82) is 0 Å². The van der Waals surface area contributed by atoms with Crippen LogP contribution in [0, 0.1) is 11.7 Å². The van der Waals surface area contributed by atoms with Crippen LogP contribution in [-0.4, -0.2) is 37.3 Å². The lowest BCUT2D eigenvalue weighted by molar-refractivity contribution is 0.102. The van der Waals surface area contributed by atoms with E-state index in [0.29, 0.717) is 16.4 Å². The number of nitrogens with one attached hydrogen (secondary N) is 2. The lowest BCUT2D eigenvalue weighted by Crippen LogP contribution is -2.32. The third kappa shape index (κ3) is 6.16. The molecule has 2 aromatic carbocycles. The Morgan fingerprint density at radius 1 is 1.12 bits per heavy atom. The van der Waals surface area contributed by atoms with E-state index in [1.807, 2.05) is 5.38 Å². The Bertz CT molecular complexity index is 1200. The van der Waals surface area contributed by atoms with E-state index in [1.165, 1.54) is 60.6 Å². The van der Waals surface area contributed by atoms with E-state index < -0.39 is 15.8 Å². The van der Waals surface area contributed by atoms with Crippen LogP contribution in [0.3, 0.4) is 0 Å². The van der Waals surface area contributed by atoms with Crippen molar-refractivity contribution in [1.82, 2.24) is 9.88 Å². The van der Waals surface area contributed by atoms with E-state index in [0.717, 1.165) is 43.4 Å². The second kappa shape index (κ2) is 9.98. The number of nitrogens with zero attached hydrogens (tertiary/aromatic N) is 2. The number of likely N-dealkylation sites (tertiary alicyclic amines) is 1. The predicted octanol–water partition coefficient (Wildman–Crippen LogP) is 4.57. The second-order valence-corrected chi connectivity index (χ2v) is 10.7. The molecule has 1 amide bonds. The summed E-state index contributed by atoms with van der Waals surface area (Å²) < 4.78 is 40.3. The molecule has 0 spiro atoms. The molecule has 10 heteroatoms. The summed E-state index contributed by atoms with van der Waals surface area (Å²) in [6.07, 6.45) is 2.40. The highest BCUT2D eigenvalue weighted by Crippen LogP contribution is 2.22. The summed E-state index contributed by atoms with van der Waals surface area (Å²) in [5, 5.41) is 5.29. The van der Waals surface area contributed by atoms with Crippen LogP contribution in [0.15, 0.2) is 58.8 Å². The smallest absolute Gasteiger partial charge is 0.261 e. The number of benzene rings is 2. The third-order valence-electron chi connectivity index (χ3n) is 5.56. The van der Waals surface area contributed by atoms with E-state index in [9.17, 15) is 17.6 Å². The first-order valence-corrected chi connectivity index (χ1v) is 13.0. The molecule has 1 aliphatic heterocycles. The van der Waals surface area contributed by atoms with Gasteiger partial charge in [0.05, 0.1) is 10.6 Å². The van der Waals surface area contributed by atoms with Crippen molar-refractivity contribution in [3.63, 3.8) is 0 Å². The number of thiazole rings is 1. The van der Waals surface area contributed by atoms with Gasteiger partial charge in [-0.05, 0) is 80.4 Å². The Balaban J connectivity index is 1.34. The van der Waals surface area contributed by atoms with Crippen LogP contribution in [0.1, 0.15) is 35.8 Å². The zero-order valence-electron chi connectivity index (χ0n) is 18.1. The molecule has 1 aliphatic rings. The fourth-order valence-corrected chi connectivity index (χ4v) is 5.33. The molecule has 33 heavy (non-hydrogen) atoms. The lowest BCUT2D eigenvalue weighted by Gasteiger charge is -2.29. The minimum absolute atomic E-state index is 0.0515. The normalized spacial score (nSPS) is 15.3. The summed E-state index contributed by atoms with van der Waals surface area (Å²) in [5.41, 5.74) is 1.61. The Hall–Kier alpha value is -2.82. The van der Waals surface area contributed by atoms with Gasteiger partial charge in [-0.2, -0.15) is 0 Å². The molecule has 0 aliphatic carbocycles. The number of rotatable bonds is 7. The number of aromatic nitrogens is 1. The van der Waals surface area contributed by atoms with E-state index >= 15 is 0 Å². The van der Waals surface area contributed by atoms with Crippen molar-refractivity contribution in [2.75, 3.05) is 23.1 Å². The number of carbonyl (C=O) groups excluding carboxylic acids is 1. The predicted molar refractivity (Wildman–Crippen MR) is 127 cm³/mol. The van der Waals surface area contributed by atoms with Crippen LogP contribution in [-0.2, 0) is 16.6 Å². The van der Waals surface area contributed by atoms with Crippen molar-refractivity contribution < 1.29 is 17.6 Å². The monoisotopic (exact) mass is 488 g/mol. The van der Waals surface area contributed by atoms with Gasteiger partial charge in [0.1, 0.15) is 5.82 Å². The number of hydrogen-bond donors (Lipinski definition) is 2. The summed E-state index contributed by atoms with van der Waals surface area (Å²) in [5.74, 6) is -0.0652. The van der Waals surface area contributed by atoms with Crippen LogP contribution >= 0.6 is 11.3 Å². The zero-order valence-corrected chi connectivity index (χ0v) is 19.8. The van der Waals surface area contributed by atoms with E-state index in [1.54, 1.807) is 0 Å². The Kier molecular flexibility index (Phi) is 7.06. The van der Waals surface area contributed by atoms with Crippen molar-refractivity contribution in [2.24, 2.45) is 5.92 Å². The Morgan fingerprint density at radius 2 is 1.79 bits per heavy atom. The molecule has 0 bridgehead atoms. The summed E-state index contributed by atoms with van der Waals surface area (Å²) in [4.78, 5) is 19.4. The molecule has 1 aromatic heterocycles. The summed E-state index contributed by atoms with van der Waals surface area (Å²) in [7, 11) is -3.85. The highest BCUT2D eigenvalue weighted by Gasteiger charge is 2.18. The minimum Gasteiger partial charge on any atom is -0.298 e. The SMILES string of the molecule is CC1CCN(Cc2csc(NC(=O)c3ccc(NS(=O)(=O)c4ccc(F)cc4)cc3)n2)CC1. The maximum Gasteiger partial charge on any atom is 0.261 e. The number of piperidine rings is 1. The van der Waals surface area contributed by atoms with Gasteiger partial charge >= 0.3 is 0 Å². The fraction of sp³-hybridized carbons (Fsp3) is 0.304. The first-order valence-electron chi connectivity index (χ1n) is 10.6. The molecular formula is C23H25FN4O3S2. The van der Waals surface area contributed by atoms with Crippen molar-refractivity contribution in [2.45, 2.75) is 31.2 Å². The van der Waals surface area contributed by atoms with Gasteiger partial charge in [-0.3, -0.25) is 19.7 Å². The third-order valence-corrected chi connectivity index (χ3v) is 7.76. The van der Waals surface area contributed by atoms with E-state index in [4.69, 9.17) is 0 Å². The quantitative estimate of drug-likeness (QED) is 0.509. The molecular weight excluding hydrogens is 463 g/mol. The first kappa shape index (κ1) is 23.3. The van der Waals surface area contributed by atoms with Crippen LogP contribution in [0.5, 0.6) is 0 Å². The average molecular weight is 489 g/mol. The molecule has 0 atom stereocenters. The molecule has 7 nitrogen and oxygen atoms in total. The molecule has 0 saturated carbocycles. The second-order valence-electron chi connectivity index (χ2n) is 8.19. The number of amides is 1. The highest BCUT2D eigenvalue weighted by atomic mass is 32.2. The molecule has 4 rings (SSSR count).